The number of rotatable bonds is 5. The van der Waals surface area contributed by atoms with Crippen LogP contribution in [-0.2, 0) is 0 Å². The molecule has 1 fully saturated rings. The van der Waals surface area contributed by atoms with Crippen LogP contribution in [0.4, 0.5) is 0 Å². The van der Waals surface area contributed by atoms with Crippen molar-refractivity contribution in [2.75, 3.05) is 39.3 Å². The highest BCUT2D eigenvalue weighted by molar-refractivity contribution is 5.94. The van der Waals surface area contributed by atoms with E-state index in [-0.39, 0.29) is 5.91 Å². The zero-order chi connectivity index (χ0) is 14.4. The fourth-order valence-electron chi connectivity index (χ4n) is 2.38. The van der Waals surface area contributed by atoms with Gasteiger partial charge in [-0.1, -0.05) is 26.0 Å². The Morgan fingerprint density at radius 3 is 2.50 bits per heavy atom. The van der Waals surface area contributed by atoms with Gasteiger partial charge >= 0.3 is 0 Å². The normalized spacial score (nSPS) is 16.4. The molecule has 1 amide bonds. The summed E-state index contributed by atoms with van der Waals surface area (Å²) >= 11 is 0. The third-order valence-corrected chi connectivity index (χ3v) is 3.76. The first-order valence-electron chi connectivity index (χ1n) is 7.48. The van der Waals surface area contributed by atoms with Crippen LogP contribution in [0.5, 0.6) is 0 Å². The minimum absolute atomic E-state index is 0.0236. The second-order valence-electron chi connectivity index (χ2n) is 5.62. The van der Waals surface area contributed by atoms with Crippen LogP contribution in [0, 0.1) is 0 Å². The third-order valence-electron chi connectivity index (χ3n) is 3.76. The maximum absolute atomic E-state index is 12.0. The molecule has 1 saturated heterocycles. The minimum atomic E-state index is 0.0236. The highest BCUT2D eigenvalue weighted by Crippen LogP contribution is 2.14. The number of piperazine rings is 1. The molecule has 1 aromatic carbocycles. The topological polar surface area (TPSA) is 44.4 Å². The van der Waals surface area contributed by atoms with Crippen LogP contribution in [0.15, 0.2) is 24.3 Å². The van der Waals surface area contributed by atoms with Crippen LogP contribution in [-0.4, -0.2) is 50.1 Å². The Hall–Kier alpha value is -1.39. The van der Waals surface area contributed by atoms with Crippen LogP contribution < -0.4 is 10.6 Å². The Labute approximate surface area is 121 Å². The van der Waals surface area contributed by atoms with Gasteiger partial charge in [-0.2, -0.15) is 0 Å². The van der Waals surface area contributed by atoms with Crippen molar-refractivity contribution in [1.82, 2.24) is 15.5 Å². The smallest absolute Gasteiger partial charge is 0.251 e. The summed E-state index contributed by atoms with van der Waals surface area (Å²) in [6, 6.07) is 7.90. The Morgan fingerprint density at radius 2 is 1.90 bits per heavy atom. The summed E-state index contributed by atoms with van der Waals surface area (Å²) in [6.07, 6.45) is 0. The molecule has 1 aliphatic heterocycles. The first kappa shape index (κ1) is 15.0. The van der Waals surface area contributed by atoms with Gasteiger partial charge in [-0.15, -0.1) is 0 Å². The van der Waals surface area contributed by atoms with E-state index in [1.165, 1.54) is 5.56 Å². The number of nitrogens with one attached hydrogen (secondary N) is 2. The molecule has 20 heavy (non-hydrogen) atoms. The molecule has 0 spiro atoms. The molecular formula is C16H25N3O. The van der Waals surface area contributed by atoms with Crippen LogP contribution in [0.25, 0.3) is 0 Å². The van der Waals surface area contributed by atoms with Gasteiger partial charge in [0, 0.05) is 44.8 Å². The number of carbonyl (C=O) groups excluding carboxylic acids is 1. The summed E-state index contributed by atoms with van der Waals surface area (Å²) in [6.45, 7) is 10.2. The predicted octanol–water partition coefficient (Wildman–Crippen LogP) is 1.45. The summed E-state index contributed by atoms with van der Waals surface area (Å²) in [5.41, 5.74) is 2.01. The lowest BCUT2D eigenvalue weighted by Gasteiger charge is -2.27. The number of benzene rings is 1. The Morgan fingerprint density at radius 1 is 1.25 bits per heavy atom. The largest absolute Gasteiger partial charge is 0.351 e. The van der Waals surface area contributed by atoms with Gasteiger partial charge in [0.05, 0.1) is 0 Å². The number of amides is 1. The number of nitrogens with zero attached hydrogens (tertiary/aromatic N) is 1. The van der Waals surface area contributed by atoms with Gasteiger partial charge in [-0.05, 0) is 23.6 Å². The summed E-state index contributed by atoms with van der Waals surface area (Å²) in [4.78, 5) is 14.4. The van der Waals surface area contributed by atoms with E-state index in [0.717, 1.165) is 38.3 Å². The van der Waals surface area contributed by atoms with Crippen molar-refractivity contribution in [2.24, 2.45) is 0 Å². The molecule has 0 radical (unpaired) electrons. The average Bonchev–Trinajstić information content (AvgIpc) is 2.48. The fraction of sp³-hybridized carbons (Fsp3) is 0.562. The average molecular weight is 275 g/mol. The fourth-order valence-corrected chi connectivity index (χ4v) is 2.38. The maximum atomic E-state index is 12.0. The molecule has 0 atom stereocenters. The molecule has 0 aliphatic carbocycles. The SMILES string of the molecule is CC(C)c1ccc(C(=O)NCCN2CCNCC2)cc1. The molecule has 2 rings (SSSR count). The standard InChI is InChI=1S/C16H25N3O/c1-13(2)14-3-5-15(6-4-14)16(20)18-9-12-19-10-7-17-8-11-19/h3-6,13,17H,7-12H2,1-2H3,(H,18,20). The van der Waals surface area contributed by atoms with Crippen molar-refractivity contribution in [3.63, 3.8) is 0 Å². The van der Waals surface area contributed by atoms with Crippen LogP contribution in [0.1, 0.15) is 35.7 Å². The van der Waals surface area contributed by atoms with Crippen molar-refractivity contribution in [3.05, 3.63) is 35.4 Å². The van der Waals surface area contributed by atoms with Crippen molar-refractivity contribution in [3.8, 4) is 0 Å². The molecule has 4 heteroatoms. The van der Waals surface area contributed by atoms with E-state index in [0.29, 0.717) is 12.5 Å². The first-order valence-corrected chi connectivity index (χ1v) is 7.48. The molecule has 2 N–H and O–H groups in total. The van der Waals surface area contributed by atoms with Crippen LogP contribution >= 0.6 is 0 Å². The molecule has 1 aromatic rings. The summed E-state index contributed by atoms with van der Waals surface area (Å²) in [5, 5.41) is 6.32. The number of hydrogen-bond donors (Lipinski definition) is 2. The molecule has 0 unspecified atom stereocenters. The van der Waals surface area contributed by atoms with E-state index < -0.39 is 0 Å². The minimum Gasteiger partial charge on any atom is -0.351 e. The molecule has 0 aromatic heterocycles. The molecule has 1 aliphatic rings. The molecule has 110 valence electrons. The van der Waals surface area contributed by atoms with Gasteiger partial charge in [0.25, 0.3) is 5.91 Å². The van der Waals surface area contributed by atoms with Crippen LogP contribution in [0.3, 0.4) is 0 Å². The second kappa shape index (κ2) is 7.41. The van der Waals surface area contributed by atoms with E-state index in [1.54, 1.807) is 0 Å². The van der Waals surface area contributed by atoms with Gasteiger partial charge < -0.3 is 10.6 Å². The Bertz CT molecular complexity index is 422. The van der Waals surface area contributed by atoms with Gasteiger partial charge in [0.1, 0.15) is 0 Å². The van der Waals surface area contributed by atoms with Gasteiger partial charge in [-0.3, -0.25) is 9.69 Å². The summed E-state index contributed by atoms with van der Waals surface area (Å²) < 4.78 is 0. The molecular weight excluding hydrogens is 250 g/mol. The van der Waals surface area contributed by atoms with Crippen molar-refractivity contribution in [2.45, 2.75) is 19.8 Å². The Balaban J connectivity index is 1.76. The lowest BCUT2D eigenvalue weighted by atomic mass is 10.0. The van der Waals surface area contributed by atoms with E-state index >= 15 is 0 Å². The number of hydrogen-bond acceptors (Lipinski definition) is 3. The van der Waals surface area contributed by atoms with E-state index in [1.807, 2.05) is 24.3 Å². The van der Waals surface area contributed by atoms with Crippen molar-refractivity contribution in [1.29, 1.82) is 0 Å². The summed E-state index contributed by atoms with van der Waals surface area (Å²) in [5.74, 6) is 0.523. The zero-order valence-corrected chi connectivity index (χ0v) is 12.5. The second-order valence-corrected chi connectivity index (χ2v) is 5.62. The summed E-state index contributed by atoms with van der Waals surface area (Å²) in [7, 11) is 0. The van der Waals surface area contributed by atoms with E-state index in [4.69, 9.17) is 0 Å². The maximum Gasteiger partial charge on any atom is 0.251 e. The third kappa shape index (κ3) is 4.32. The Kier molecular flexibility index (Phi) is 5.56. The van der Waals surface area contributed by atoms with Crippen molar-refractivity contribution < 1.29 is 4.79 Å². The monoisotopic (exact) mass is 275 g/mol. The highest BCUT2D eigenvalue weighted by Gasteiger charge is 2.10. The van der Waals surface area contributed by atoms with Gasteiger partial charge in [0.2, 0.25) is 0 Å². The quantitative estimate of drug-likeness (QED) is 0.855. The van der Waals surface area contributed by atoms with Crippen molar-refractivity contribution >= 4 is 5.91 Å². The number of carbonyl (C=O) groups is 1. The van der Waals surface area contributed by atoms with Gasteiger partial charge in [0.15, 0.2) is 0 Å². The van der Waals surface area contributed by atoms with Crippen LogP contribution in [0.2, 0.25) is 0 Å². The molecule has 0 bridgehead atoms. The predicted molar refractivity (Wildman–Crippen MR) is 82.2 cm³/mol. The lowest BCUT2D eigenvalue weighted by Crippen LogP contribution is -2.46. The highest BCUT2D eigenvalue weighted by atomic mass is 16.1. The molecule has 1 heterocycles. The van der Waals surface area contributed by atoms with E-state index in [9.17, 15) is 4.79 Å². The van der Waals surface area contributed by atoms with E-state index in [2.05, 4.69) is 29.4 Å². The lowest BCUT2D eigenvalue weighted by molar-refractivity contribution is 0.0947. The molecule has 4 nitrogen and oxygen atoms in total. The zero-order valence-electron chi connectivity index (χ0n) is 12.5. The van der Waals surface area contributed by atoms with Gasteiger partial charge in [-0.25, -0.2) is 0 Å². The first-order chi connectivity index (χ1) is 9.66. The molecule has 0 saturated carbocycles.